The predicted molar refractivity (Wildman–Crippen MR) is 123 cm³/mol. The van der Waals surface area contributed by atoms with Gasteiger partial charge in [0.25, 0.3) is 0 Å². The molecule has 1 aromatic heterocycles. The molecule has 1 saturated heterocycles. The van der Waals surface area contributed by atoms with Crippen LogP contribution in [0, 0.1) is 12.8 Å². The van der Waals surface area contributed by atoms with Gasteiger partial charge in [-0.3, -0.25) is 9.69 Å². The lowest BCUT2D eigenvalue weighted by molar-refractivity contribution is -0.126. The van der Waals surface area contributed by atoms with Gasteiger partial charge in [0, 0.05) is 28.7 Å². The number of thioether (sulfide) groups is 1. The van der Waals surface area contributed by atoms with Gasteiger partial charge in [-0.1, -0.05) is 53.2 Å². The average molecular weight is 437 g/mol. The number of benzene rings is 2. The van der Waals surface area contributed by atoms with Crippen LogP contribution in [0.25, 0.3) is 11.4 Å². The number of hydrogen-bond acceptors (Lipinski definition) is 6. The minimum Gasteiger partial charge on any atom is -0.355 e. The summed E-state index contributed by atoms with van der Waals surface area (Å²) in [6.07, 6.45) is 1.72. The predicted octanol–water partition coefficient (Wildman–Crippen LogP) is 4.17. The van der Waals surface area contributed by atoms with Crippen LogP contribution < -0.4 is 5.32 Å². The number of aryl methyl sites for hydroxylation is 1. The fraction of sp³-hybridized carbons (Fsp3) is 0.375. The van der Waals surface area contributed by atoms with Crippen molar-refractivity contribution >= 4 is 17.7 Å². The molecular weight excluding hydrogens is 408 g/mol. The number of hydrogen-bond donors (Lipinski definition) is 1. The summed E-state index contributed by atoms with van der Waals surface area (Å²) in [7, 11) is 0. The van der Waals surface area contributed by atoms with Gasteiger partial charge in [0.15, 0.2) is 0 Å². The fourth-order valence-electron chi connectivity index (χ4n) is 3.69. The lowest BCUT2D eigenvalue weighted by Gasteiger charge is -2.30. The molecule has 3 aromatic rings. The quantitative estimate of drug-likeness (QED) is 0.422. The molecule has 0 aliphatic carbocycles. The zero-order valence-corrected chi connectivity index (χ0v) is 18.6. The van der Waals surface area contributed by atoms with Gasteiger partial charge in [0.2, 0.25) is 17.6 Å². The number of nitrogens with zero attached hydrogens (tertiary/aromatic N) is 3. The van der Waals surface area contributed by atoms with E-state index in [0.29, 0.717) is 24.8 Å². The highest BCUT2D eigenvalue weighted by Crippen LogP contribution is 2.21. The summed E-state index contributed by atoms with van der Waals surface area (Å²) in [6.45, 7) is 5.10. The largest absolute Gasteiger partial charge is 0.355 e. The summed E-state index contributed by atoms with van der Waals surface area (Å²) in [5, 5.41) is 7.20. The summed E-state index contributed by atoms with van der Waals surface area (Å²) in [5.74, 6) is 2.39. The molecule has 0 saturated carbocycles. The maximum Gasteiger partial charge on any atom is 0.241 e. The molecule has 31 heavy (non-hydrogen) atoms. The third-order valence-electron chi connectivity index (χ3n) is 5.51. The number of likely N-dealkylation sites (tertiary alicyclic amines) is 1. The van der Waals surface area contributed by atoms with Crippen molar-refractivity contribution in [3.05, 3.63) is 66.1 Å². The fourth-order valence-corrected chi connectivity index (χ4v) is 4.48. The van der Waals surface area contributed by atoms with E-state index in [4.69, 9.17) is 4.52 Å². The first-order chi connectivity index (χ1) is 15.2. The van der Waals surface area contributed by atoms with E-state index in [1.807, 2.05) is 42.5 Å². The van der Waals surface area contributed by atoms with Crippen molar-refractivity contribution in [2.75, 3.05) is 25.4 Å². The first kappa shape index (κ1) is 21.6. The lowest BCUT2D eigenvalue weighted by Crippen LogP contribution is -2.40. The monoisotopic (exact) mass is 436 g/mol. The molecule has 0 radical (unpaired) electrons. The van der Waals surface area contributed by atoms with E-state index in [1.54, 1.807) is 11.8 Å². The number of amides is 1. The minimum absolute atomic E-state index is 0.0868. The van der Waals surface area contributed by atoms with Crippen LogP contribution in [0.1, 0.15) is 24.3 Å². The first-order valence-corrected chi connectivity index (χ1v) is 11.7. The van der Waals surface area contributed by atoms with Crippen LogP contribution in [-0.2, 0) is 11.3 Å². The molecule has 162 valence electrons. The number of carbonyl (C=O) groups excluding carboxylic acids is 1. The molecule has 7 heteroatoms. The Hall–Kier alpha value is -2.64. The van der Waals surface area contributed by atoms with E-state index >= 15 is 0 Å². The van der Waals surface area contributed by atoms with Crippen molar-refractivity contribution in [2.45, 2.75) is 31.2 Å². The van der Waals surface area contributed by atoms with Crippen molar-refractivity contribution in [2.24, 2.45) is 5.92 Å². The van der Waals surface area contributed by atoms with Gasteiger partial charge in [-0.25, -0.2) is 0 Å². The number of piperidine rings is 1. The van der Waals surface area contributed by atoms with Gasteiger partial charge in [0.1, 0.15) is 0 Å². The number of nitrogens with one attached hydrogen (secondary N) is 1. The molecule has 1 aliphatic rings. The Morgan fingerprint density at radius 1 is 1.13 bits per heavy atom. The minimum atomic E-state index is 0.0868. The van der Waals surface area contributed by atoms with E-state index in [-0.39, 0.29) is 11.8 Å². The van der Waals surface area contributed by atoms with E-state index in [9.17, 15) is 4.79 Å². The maximum atomic E-state index is 12.5. The maximum absolute atomic E-state index is 12.5. The summed E-state index contributed by atoms with van der Waals surface area (Å²) < 4.78 is 5.44. The highest BCUT2D eigenvalue weighted by molar-refractivity contribution is 7.99. The van der Waals surface area contributed by atoms with Gasteiger partial charge >= 0.3 is 0 Å². The van der Waals surface area contributed by atoms with Crippen molar-refractivity contribution < 1.29 is 9.32 Å². The third kappa shape index (κ3) is 6.18. The summed E-state index contributed by atoms with van der Waals surface area (Å²) in [4.78, 5) is 20.5. The van der Waals surface area contributed by atoms with Crippen LogP contribution in [0.5, 0.6) is 0 Å². The van der Waals surface area contributed by atoms with Crippen LogP contribution in [0.2, 0.25) is 0 Å². The molecule has 2 heterocycles. The van der Waals surface area contributed by atoms with Crippen LogP contribution in [0.3, 0.4) is 0 Å². The third-order valence-corrected chi connectivity index (χ3v) is 6.52. The summed E-state index contributed by atoms with van der Waals surface area (Å²) in [5.41, 5.74) is 2.16. The van der Waals surface area contributed by atoms with Crippen LogP contribution in [0.4, 0.5) is 0 Å². The Morgan fingerprint density at radius 3 is 2.61 bits per heavy atom. The molecule has 1 amide bonds. The molecule has 1 aliphatic heterocycles. The Bertz CT molecular complexity index is 967. The second kappa shape index (κ2) is 10.6. The molecule has 4 rings (SSSR count). The highest BCUT2D eigenvalue weighted by atomic mass is 32.2. The number of carbonyl (C=O) groups is 1. The van der Waals surface area contributed by atoms with Gasteiger partial charge in [-0.05, 0) is 45.0 Å². The smallest absolute Gasteiger partial charge is 0.241 e. The second-order valence-electron chi connectivity index (χ2n) is 7.88. The summed E-state index contributed by atoms with van der Waals surface area (Å²) >= 11 is 1.77. The Balaban J connectivity index is 1.17. The molecule has 0 atom stereocenters. The topological polar surface area (TPSA) is 71.3 Å². The van der Waals surface area contributed by atoms with Gasteiger partial charge in [-0.2, -0.15) is 4.98 Å². The lowest BCUT2D eigenvalue weighted by atomic mass is 9.96. The Labute approximate surface area is 187 Å². The molecule has 0 bridgehead atoms. The van der Waals surface area contributed by atoms with Crippen molar-refractivity contribution in [1.29, 1.82) is 0 Å². The van der Waals surface area contributed by atoms with Crippen LogP contribution in [0.15, 0.2) is 64.0 Å². The zero-order chi connectivity index (χ0) is 21.5. The molecule has 0 spiro atoms. The molecule has 1 N–H and O–H groups in total. The number of aromatic nitrogens is 2. The van der Waals surface area contributed by atoms with E-state index in [1.165, 1.54) is 10.5 Å². The second-order valence-corrected chi connectivity index (χ2v) is 9.05. The highest BCUT2D eigenvalue weighted by Gasteiger charge is 2.25. The molecular formula is C24H28N4O2S. The van der Waals surface area contributed by atoms with Crippen molar-refractivity contribution in [3.63, 3.8) is 0 Å². The molecule has 0 unspecified atom stereocenters. The van der Waals surface area contributed by atoms with E-state index < -0.39 is 0 Å². The van der Waals surface area contributed by atoms with E-state index in [2.05, 4.69) is 39.4 Å². The van der Waals surface area contributed by atoms with Crippen LogP contribution >= 0.6 is 11.8 Å². The van der Waals surface area contributed by atoms with E-state index in [0.717, 1.165) is 37.2 Å². The SMILES string of the molecule is Cc1ccc(-c2noc(CN3CCC(C(=O)NCCSc4ccccc4)CC3)n2)cc1. The standard InChI is InChI=1S/C24H28N4O2S/c1-18-7-9-19(10-8-18)23-26-22(30-27-23)17-28-14-11-20(12-15-28)24(29)25-13-16-31-21-5-3-2-4-6-21/h2-10,20H,11-17H2,1H3,(H,25,29). The number of rotatable bonds is 8. The van der Waals surface area contributed by atoms with Gasteiger partial charge in [-0.15, -0.1) is 11.8 Å². The zero-order valence-electron chi connectivity index (χ0n) is 17.8. The normalized spacial score (nSPS) is 15.1. The van der Waals surface area contributed by atoms with Crippen molar-refractivity contribution in [1.82, 2.24) is 20.4 Å². The summed E-state index contributed by atoms with van der Waals surface area (Å²) in [6, 6.07) is 18.4. The van der Waals surface area contributed by atoms with Crippen LogP contribution in [-0.4, -0.2) is 46.3 Å². The van der Waals surface area contributed by atoms with Crippen molar-refractivity contribution in [3.8, 4) is 11.4 Å². The van der Waals surface area contributed by atoms with Gasteiger partial charge < -0.3 is 9.84 Å². The average Bonchev–Trinajstić information content (AvgIpc) is 3.27. The Kier molecular flexibility index (Phi) is 7.38. The van der Waals surface area contributed by atoms with Gasteiger partial charge in [0.05, 0.1) is 6.54 Å². The first-order valence-electron chi connectivity index (χ1n) is 10.7. The molecule has 1 fully saturated rings. The molecule has 6 nitrogen and oxygen atoms in total. The Morgan fingerprint density at radius 2 is 1.87 bits per heavy atom. The molecule has 2 aromatic carbocycles.